The monoisotopic (exact) mass is 451 g/mol. The lowest BCUT2D eigenvalue weighted by atomic mass is 9.88. The van der Waals surface area contributed by atoms with Gasteiger partial charge in [0.1, 0.15) is 0 Å². The molecule has 0 atom stereocenters. The molecular weight excluding hydrogens is 414 g/mol. The van der Waals surface area contributed by atoms with Crippen LogP contribution in [0.5, 0.6) is 0 Å². The second-order valence-electron chi connectivity index (χ2n) is 9.82. The average molecular weight is 452 g/mol. The predicted molar refractivity (Wildman–Crippen MR) is 131 cm³/mol. The Hall–Kier alpha value is -2.74. The van der Waals surface area contributed by atoms with Crippen LogP contribution in [-0.4, -0.2) is 53.9 Å². The largest absolute Gasteiger partial charge is 0.364 e. The highest BCUT2D eigenvalue weighted by atomic mass is 16.1. The molecule has 3 fully saturated rings. The number of anilines is 1. The zero-order valence-corrected chi connectivity index (χ0v) is 19.5. The summed E-state index contributed by atoms with van der Waals surface area (Å²) in [7, 11) is 0. The van der Waals surface area contributed by atoms with Crippen molar-refractivity contribution in [1.82, 2.24) is 20.7 Å². The van der Waals surface area contributed by atoms with Gasteiger partial charge >= 0.3 is 0 Å². The Bertz CT molecular complexity index is 890. The van der Waals surface area contributed by atoms with Gasteiger partial charge in [-0.3, -0.25) is 15.6 Å². The number of guanidine groups is 1. The van der Waals surface area contributed by atoms with Crippen LogP contribution in [-0.2, 0) is 4.79 Å². The van der Waals surface area contributed by atoms with Crippen molar-refractivity contribution in [3.8, 4) is 0 Å². The summed E-state index contributed by atoms with van der Waals surface area (Å²) in [4.78, 5) is 21.6. The summed E-state index contributed by atoms with van der Waals surface area (Å²) >= 11 is 0. The number of rotatable bonds is 5. The van der Waals surface area contributed by atoms with Crippen molar-refractivity contribution in [3.05, 3.63) is 41.3 Å². The number of benzene rings is 1. The molecule has 178 valence electrons. The minimum Gasteiger partial charge on any atom is -0.364 e. The highest BCUT2D eigenvalue weighted by molar-refractivity contribution is 5.95. The van der Waals surface area contributed by atoms with Gasteiger partial charge < -0.3 is 20.9 Å². The van der Waals surface area contributed by atoms with Crippen LogP contribution >= 0.6 is 0 Å². The van der Waals surface area contributed by atoms with Gasteiger partial charge in [0.15, 0.2) is 11.5 Å². The van der Waals surface area contributed by atoms with E-state index in [4.69, 9.17) is 10.7 Å². The maximum atomic E-state index is 12.0. The van der Waals surface area contributed by atoms with Gasteiger partial charge in [-0.2, -0.15) is 4.99 Å². The van der Waals surface area contributed by atoms with E-state index in [2.05, 4.69) is 50.2 Å². The molecule has 8 nitrogen and oxygen atoms in total. The molecular formula is C25H37N7O. The number of nitrogens with zero attached hydrogens (tertiary/aromatic N) is 3. The molecule has 1 aromatic rings. The maximum Gasteiger partial charge on any atom is 0.270 e. The van der Waals surface area contributed by atoms with Crippen LogP contribution in [0.15, 0.2) is 40.8 Å². The molecule has 1 aliphatic carbocycles. The maximum absolute atomic E-state index is 12.0. The van der Waals surface area contributed by atoms with Crippen LogP contribution in [0, 0.1) is 0 Å². The minimum atomic E-state index is -0.544. The zero-order chi connectivity index (χ0) is 22.6. The van der Waals surface area contributed by atoms with Crippen LogP contribution in [0.25, 0.3) is 0 Å². The van der Waals surface area contributed by atoms with Crippen LogP contribution in [0.4, 0.5) is 5.69 Å². The van der Waals surface area contributed by atoms with Crippen molar-refractivity contribution >= 4 is 17.6 Å². The van der Waals surface area contributed by atoms with E-state index >= 15 is 0 Å². The highest BCUT2D eigenvalue weighted by Crippen LogP contribution is 2.33. The molecule has 33 heavy (non-hydrogen) atoms. The second-order valence-corrected chi connectivity index (χ2v) is 9.82. The standard InChI is InChI=1S/C25H37N7O/c26-23(33)22-24(28-25(30-29-22)32-14-4-1-5-15-32)27-20-10-8-18(9-11-20)19-12-16-31(17-13-19)21-6-2-3-7-21/h8-11,19,21,27,29H,1-7,12-17H2,(H2,26,33)(H,28,30). The number of nitrogens with two attached hydrogens (primary N) is 1. The lowest BCUT2D eigenvalue weighted by Gasteiger charge is -2.36. The first-order valence-electron chi connectivity index (χ1n) is 12.7. The molecule has 1 aromatic carbocycles. The molecule has 8 heteroatoms. The molecule has 1 saturated carbocycles. The van der Waals surface area contributed by atoms with Gasteiger partial charge in [0.25, 0.3) is 5.91 Å². The van der Waals surface area contributed by atoms with Crippen molar-refractivity contribution in [1.29, 1.82) is 0 Å². The van der Waals surface area contributed by atoms with Crippen LogP contribution in [0.1, 0.15) is 69.3 Å². The van der Waals surface area contributed by atoms with Crippen molar-refractivity contribution in [2.75, 3.05) is 31.5 Å². The quantitative estimate of drug-likeness (QED) is 0.550. The Labute approximate surface area is 196 Å². The minimum absolute atomic E-state index is 0.249. The van der Waals surface area contributed by atoms with Gasteiger partial charge in [0.2, 0.25) is 5.96 Å². The fourth-order valence-electron chi connectivity index (χ4n) is 5.73. The van der Waals surface area contributed by atoms with Crippen molar-refractivity contribution < 1.29 is 4.79 Å². The third-order valence-electron chi connectivity index (χ3n) is 7.67. The smallest absolute Gasteiger partial charge is 0.270 e. The van der Waals surface area contributed by atoms with E-state index in [9.17, 15) is 4.79 Å². The fourth-order valence-corrected chi connectivity index (χ4v) is 5.73. The topological polar surface area (TPSA) is 98.0 Å². The number of primary amides is 1. The van der Waals surface area contributed by atoms with Gasteiger partial charge in [-0.25, -0.2) is 0 Å². The van der Waals surface area contributed by atoms with E-state index in [0.29, 0.717) is 11.7 Å². The first-order valence-corrected chi connectivity index (χ1v) is 12.7. The Morgan fingerprint density at radius 3 is 2.27 bits per heavy atom. The SMILES string of the molecule is NC(=O)C1=C(Nc2ccc(C3CCN(C4CCCC4)CC3)cc2)N=C(N2CCCCC2)NN1. The molecule has 5 N–H and O–H groups in total. The Balaban J connectivity index is 1.24. The Kier molecular flexibility index (Phi) is 6.71. The molecule has 0 unspecified atom stereocenters. The van der Waals surface area contributed by atoms with Crippen molar-refractivity contribution in [2.24, 2.45) is 10.7 Å². The zero-order valence-electron chi connectivity index (χ0n) is 19.5. The molecule has 5 rings (SSSR count). The average Bonchev–Trinajstić information content (AvgIpc) is 3.40. The number of carbonyl (C=O) groups is 1. The van der Waals surface area contributed by atoms with Crippen molar-refractivity contribution in [2.45, 2.75) is 69.7 Å². The summed E-state index contributed by atoms with van der Waals surface area (Å²) in [5.74, 6) is 1.27. The van der Waals surface area contributed by atoms with E-state index in [0.717, 1.165) is 43.6 Å². The molecule has 0 spiro atoms. The normalized spacial score (nSPS) is 23.2. The number of piperidine rings is 2. The summed E-state index contributed by atoms with van der Waals surface area (Å²) < 4.78 is 0. The molecule has 2 saturated heterocycles. The van der Waals surface area contributed by atoms with Gasteiger partial charge in [0, 0.05) is 24.8 Å². The lowest BCUT2D eigenvalue weighted by Crippen LogP contribution is -2.53. The number of hydrogen-bond donors (Lipinski definition) is 4. The van der Waals surface area contributed by atoms with Gasteiger partial charge in [0.05, 0.1) is 0 Å². The van der Waals surface area contributed by atoms with E-state index in [-0.39, 0.29) is 5.70 Å². The number of hydrazine groups is 1. The molecule has 1 amide bonds. The van der Waals surface area contributed by atoms with E-state index in [1.807, 2.05) is 0 Å². The number of amides is 1. The summed E-state index contributed by atoms with van der Waals surface area (Å²) in [6.45, 7) is 4.36. The first kappa shape index (κ1) is 22.1. The Morgan fingerprint density at radius 1 is 0.909 bits per heavy atom. The predicted octanol–water partition coefficient (Wildman–Crippen LogP) is 2.82. The fraction of sp³-hybridized carbons (Fsp3) is 0.600. The molecule has 0 bridgehead atoms. The van der Waals surface area contributed by atoms with Crippen molar-refractivity contribution in [3.63, 3.8) is 0 Å². The van der Waals surface area contributed by atoms with Crippen LogP contribution in [0.3, 0.4) is 0 Å². The second kappa shape index (κ2) is 10.0. The van der Waals surface area contributed by atoms with Gasteiger partial charge in [-0.1, -0.05) is 25.0 Å². The summed E-state index contributed by atoms with van der Waals surface area (Å²) in [6, 6.07) is 9.43. The van der Waals surface area contributed by atoms with Gasteiger partial charge in [-0.15, -0.1) is 0 Å². The molecule has 3 aliphatic heterocycles. The number of carbonyl (C=O) groups excluding carboxylic acids is 1. The van der Waals surface area contributed by atoms with Crippen LogP contribution in [0.2, 0.25) is 0 Å². The summed E-state index contributed by atoms with van der Waals surface area (Å²) in [5.41, 5.74) is 14.1. The first-order chi connectivity index (χ1) is 16.2. The molecule has 3 heterocycles. The number of aliphatic imine (C=N–C) groups is 1. The third kappa shape index (κ3) is 5.11. The molecule has 4 aliphatic rings. The summed E-state index contributed by atoms with van der Waals surface area (Å²) in [5, 5.41) is 3.31. The lowest BCUT2D eigenvalue weighted by molar-refractivity contribution is -0.115. The molecule has 0 aromatic heterocycles. The Morgan fingerprint density at radius 2 is 1.61 bits per heavy atom. The number of hydrogen-bond acceptors (Lipinski definition) is 7. The molecule has 0 radical (unpaired) electrons. The third-order valence-corrected chi connectivity index (χ3v) is 7.67. The summed E-state index contributed by atoms with van der Waals surface area (Å²) in [6.07, 6.45) is 11.6. The highest BCUT2D eigenvalue weighted by Gasteiger charge is 2.28. The van der Waals surface area contributed by atoms with Gasteiger partial charge in [-0.05, 0) is 81.6 Å². The van der Waals surface area contributed by atoms with Crippen LogP contribution < -0.4 is 21.9 Å². The number of nitrogens with one attached hydrogen (secondary N) is 3. The van der Waals surface area contributed by atoms with E-state index in [1.54, 1.807) is 0 Å². The van der Waals surface area contributed by atoms with E-state index in [1.165, 1.54) is 63.6 Å². The number of likely N-dealkylation sites (tertiary alicyclic amines) is 2. The van der Waals surface area contributed by atoms with E-state index < -0.39 is 5.91 Å².